The molecule has 18 heavy (non-hydrogen) atoms. The van der Waals surface area contributed by atoms with Crippen LogP contribution in [0.2, 0.25) is 0 Å². The third-order valence-electron chi connectivity index (χ3n) is 3.01. The SMILES string of the molecule is NNC(=O)C1C(=O)Nc2cc3c(cc21)NC(O)N3. The second-order valence-electron chi connectivity index (χ2n) is 4.11. The van der Waals surface area contributed by atoms with Crippen LogP contribution in [-0.2, 0) is 9.59 Å². The maximum Gasteiger partial charge on any atom is 0.251 e. The number of nitrogens with one attached hydrogen (secondary N) is 4. The molecule has 2 aliphatic rings. The maximum atomic E-state index is 11.7. The number of rotatable bonds is 1. The molecule has 8 heteroatoms. The number of aliphatic hydroxyl groups is 1. The maximum absolute atomic E-state index is 11.7. The summed E-state index contributed by atoms with van der Waals surface area (Å²) in [6.45, 7) is 0. The largest absolute Gasteiger partial charge is 0.357 e. The Morgan fingerprint density at radius 3 is 2.61 bits per heavy atom. The van der Waals surface area contributed by atoms with E-state index in [1.807, 2.05) is 5.43 Å². The molecule has 0 saturated heterocycles. The highest BCUT2D eigenvalue weighted by Crippen LogP contribution is 2.40. The minimum Gasteiger partial charge on any atom is -0.357 e. The number of hydrogen-bond acceptors (Lipinski definition) is 6. The van der Waals surface area contributed by atoms with Crippen molar-refractivity contribution >= 4 is 28.9 Å². The van der Waals surface area contributed by atoms with Gasteiger partial charge in [-0.05, 0) is 17.7 Å². The summed E-state index contributed by atoms with van der Waals surface area (Å²) in [5.74, 6) is 3.10. The summed E-state index contributed by atoms with van der Waals surface area (Å²) in [5, 5.41) is 17.5. The lowest BCUT2D eigenvalue weighted by Crippen LogP contribution is -2.37. The molecule has 3 rings (SSSR count). The van der Waals surface area contributed by atoms with Crippen LogP contribution in [0.5, 0.6) is 0 Å². The van der Waals surface area contributed by atoms with Gasteiger partial charge in [-0.3, -0.25) is 15.0 Å². The zero-order chi connectivity index (χ0) is 12.9. The first kappa shape index (κ1) is 10.8. The Bertz CT molecular complexity index is 559. The third-order valence-corrected chi connectivity index (χ3v) is 3.01. The number of nitrogens with two attached hydrogens (primary N) is 1. The molecule has 0 spiro atoms. The van der Waals surface area contributed by atoms with Gasteiger partial charge in [-0.2, -0.15) is 0 Å². The number of amides is 2. The standard InChI is InChI=1S/C10H11N5O3/c11-15-9(17)7-3-1-5-6(14-10(18)13-5)2-4(3)12-8(7)16/h1-2,7,10,13-14,18H,11H2,(H,12,16)(H,15,17). The van der Waals surface area contributed by atoms with E-state index >= 15 is 0 Å². The summed E-state index contributed by atoms with van der Waals surface area (Å²) in [7, 11) is 0. The average Bonchev–Trinajstić information content (AvgIpc) is 2.82. The molecule has 1 aromatic rings. The molecule has 2 unspecified atom stereocenters. The lowest BCUT2D eigenvalue weighted by atomic mass is 9.99. The Kier molecular flexibility index (Phi) is 2.15. The summed E-state index contributed by atoms with van der Waals surface area (Å²) in [6.07, 6.45) is -0.875. The number of carbonyl (C=O) groups is 2. The molecule has 0 aliphatic carbocycles. The van der Waals surface area contributed by atoms with Gasteiger partial charge >= 0.3 is 0 Å². The van der Waals surface area contributed by atoms with Crippen molar-refractivity contribution in [2.75, 3.05) is 16.0 Å². The molecule has 0 fully saturated rings. The first-order valence-electron chi connectivity index (χ1n) is 5.30. The first-order chi connectivity index (χ1) is 8.60. The number of fused-ring (bicyclic) bond motifs is 2. The second kappa shape index (κ2) is 3.59. The number of aliphatic hydroxyl groups excluding tert-OH is 1. The van der Waals surface area contributed by atoms with Gasteiger partial charge in [0.05, 0.1) is 11.4 Å². The van der Waals surface area contributed by atoms with Crippen molar-refractivity contribution in [3.05, 3.63) is 17.7 Å². The Labute approximate surface area is 102 Å². The summed E-state index contributed by atoms with van der Waals surface area (Å²) in [6, 6.07) is 3.31. The molecule has 2 amide bonds. The van der Waals surface area contributed by atoms with Crippen LogP contribution in [0.4, 0.5) is 17.1 Å². The van der Waals surface area contributed by atoms with Crippen molar-refractivity contribution in [3.63, 3.8) is 0 Å². The lowest BCUT2D eigenvalue weighted by Gasteiger charge is -2.07. The predicted molar refractivity (Wildman–Crippen MR) is 63.4 cm³/mol. The van der Waals surface area contributed by atoms with Crippen LogP contribution in [0.15, 0.2) is 12.1 Å². The molecule has 8 nitrogen and oxygen atoms in total. The van der Waals surface area contributed by atoms with Crippen molar-refractivity contribution in [2.24, 2.45) is 5.84 Å². The molecular weight excluding hydrogens is 238 g/mol. The summed E-state index contributed by atoms with van der Waals surface area (Å²) in [5.41, 5.74) is 4.33. The van der Waals surface area contributed by atoms with Crippen LogP contribution >= 0.6 is 0 Å². The van der Waals surface area contributed by atoms with E-state index < -0.39 is 24.1 Å². The monoisotopic (exact) mass is 249 g/mol. The van der Waals surface area contributed by atoms with Crippen LogP contribution in [0.3, 0.4) is 0 Å². The molecule has 0 saturated carbocycles. The van der Waals surface area contributed by atoms with E-state index in [2.05, 4.69) is 16.0 Å². The van der Waals surface area contributed by atoms with Crippen LogP contribution in [0.25, 0.3) is 0 Å². The topological polar surface area (TPSA) is 129 Å². The fraction of sp³-hybridized carbons (Fsp3) is 0.200. The zero-order valence-corrected chi connectivity index (χ0v) is 9.15. The number of anilines is 3. The van der Waals surface area contributed by atoms with E-state index in [1.54, 1.807) is 12.1 Å². The van der Waals surface area contributed by atoms with Crippen molar-refractivity contribution < 1.29 is 14.7 Å². The average molecular weight is 249 g/mol. The number of hydrogen-bond donors (Lipinski definition) is 6. The minimum absolute atomic E-state index is 0.419. The minimum atomic E-state index is -0.963. The van der Waals surface area contributed by atoms with Gasteiger partial charge in [0.1, 0.15) is 5.92 Å². The van der Waals surface area contributed by atoms with Gasteiger partial charge in [0, 0.05) is 5.69 Å². The molecule has 0 radical (unpaired) electrons. The van der Waals surface area contributed by atoms with E-state index in [0.29, 0.717) is 22.6 Å². The van der Waals surface area contributed by atoms with E-state index in [-0.39, 0.29) is 0 Å². The summed E-state index contributed by atoms with van der Waals surface area (Å²) in [4.78, 5) is 23.3. The van der Waals surface area contributed by atoms with E-state index in [0.717, 1.165) is 0 Å². The van der Waals surface area contributed by atoms with Gasteiger partial charge < -0.3 is 21.1 Å². The van der Waals surface area contributed by atoms with E-state index in [4.69, 9.17) is 5.84 Å². The Morgan fingerprint density at radius 2 is 1.94 bits per heavy atom. The molecule has 0 bridgehead atoms. The molecule has 7 N–H and O–H groups in total. The highest BCUT2D eigenvalue weighted by atomic mass is 16.3. The van der Waals surface area contributed by atoms with Crippen molar-refractivity contribution in [1.29, 1.82) is 0 Å². The van der Waals surface area contributed by atoms with Crippen molar-refractivity contribution in [1.82, 2.24) is 5.43 Å². The van der Waals surface area contributed by atoms with Crippen molar-refractivity contribution in [3.8, 4) is 0 Å². The normalized spacial score (nSPS) is 23.6. The molecule has 1 aromatic carbocycles. The Morgan fingerprint density at radius 1 is 1.28 bits per heavy atom. The number of hydrazine groups is 1. The summed E-state index contributed by atoms with van der Waals surface area (Å²) < 4.78 is 0. The van der Waals surface area contributed by atoms with Gasteiger partial charge in [-0.15, -0.1) is 0 Å². The van der Waals surface area contributed by atoms with Crippen LogP contribution in [-0.4, -0.2) is 23.3 Å². The Hall–Kier alpha value is -2.32. The quantitative estimate of drug-likeness (QED) is 0.161. The number of benzene rings is 1. The zero-order valence-electron chi connectivity index (χ0n) is 9.15. The van der Waals surface area contributed by atoms with Crippen molar-refractivity contribution in [2.45, 2.75) is 12.3 Å². The number of carbonyl (C=O) groups excluding carboxylic acids is 2. The summed E-state index contributed by atoms with van der Waals surface area (Å²) >= 11 is 0. The fourth-order valence-corrected chi connectivity index (χ4v) is 2.22. The molecule has 94 valence electrons. The van der Waals surface area contributed by atoms with E-state index in [9.17, 15) is 14.7 Å². The molecule has 2 aliphatic heterocycles. The third kappa shape index (κ3) is 1.40. The van der Waals surface area contributed by atoms with Gasteiger partial charge in [0.2, 0.25) is 12.3 Å². The molecule has 2 heterocycles. The van der Waals surface area contributed by atoms with E-state index in [1.165, 1.54) is 0 Å². The van der Waals surface area contributed by atoms with Crippen LogP contribution in [0.1, 0.15) is 11.5 Å². The lowest BCUT2D eigenvalue weighted by molar-refractivity contribution is -0.128. The first-order valence-corrected chi connectivity index (χ1v) is 5.30. The molecule has 0 aromatic heterocycles. The predicted octanol–water partition coefficient (Wildman–Crippen LogP) is -1.17. The van der Waals surface area contributed by atoms with Gasteiger partial charge in [-0.1, -0.05) is 0 Å². The Balaban J connectivity index is 2.06. The highest BCUT2D eigenvalue weighted by Gasteiger charge is 2.37. The van der Waals surface area contributed by atoms with Gasteiger partial charge in [0.15, 0.2) is 0 Å². The second-order valence-corrected chi connectivity index (χ2v) is 4.11. The highest BCUT2D eigenvalue weighted by molar-refractivity contribution is 6.17. The fourth-order valence-electron chi connectivity index (χ4n) is 2.22. The van der Waals surface area contributed by atoms with Crippen LogP contribution < -0.4 is 27.2 Å². The molecule has 2 atom stereocenters. The molecular formula is C10H11N5O3. The van der Waals surface area contributed by atoms with Gasteiger partial charge in [0.25, 0.3) is 5.91 Å². The van der Waals surface area contributed by atoms with Gasteiger partial charge in [-0.25, -0.2) is 5.84 Å². The van der Waals surface area contributed by atoms with Crippen LogP contribution in [0, 0.1) is 0 Å². The smallest absolute Gasteiger partial charge is 0.251 e.